The molecule has 0 saturated heterocycles. The van der Waals surface area contributed by atoms with Crippen LogP contribution in [0.3, 0.4) is 0 Å². The van der Waals surface area contributed by atoms with Gasteiger partial charge in [0.25, 0.3) is 5.91 Å². The number of aromatic hydroxyl groups is 2. The predicted octanol–water partition coefficient (Wildman–Crippen LogP) is 2.34. The van der Waals surface area contributed by atoms with Crippen LogP contribution in [0.15, 0.2) is 42.5 Å². The molecule has 0 aromatic heterocycles. The highest BCUT2D eigenvalue weighted by Crippen LogP contribution is 2.18. The lowest BCUT2D eigenvalue weighted by atomic mass is 10.1. The van der Waals surface area contributed by atoms with Gasteiger partial charge in [-0.25, -0.2) is 0 Å². The molecule has 1 amide bonds. The van der Waals surface area contributed by atoms with E-state index < -0.39 is 0 Å². The molecule has 0 unspecified atom stereocenters. The summed E-state index contributed by atoms with van der Waals surface area (Å²) in [5, 5.41) is 21.6. The van der Waals surface area contributed by atoms with E-state index in [0.717, 1.165) is 11.1 Å². The van der Waals surface area contributed by atoms with Gasteiger partial charge < -0.3 is 15.5 Å². The van der Waals surface area contributed by atoms with Gasteiger partial charge in [0, 0.05) is 6.54 Å². The lowest BCUT2D eigenvalue weighted by molar-refractivity contribution is 0.0948. The predicted molar refractivity (Wildman–Crippen MR) is 72.1 cm³/mol. The molecule has 98 valence electrons. The summed E-state index contributed by atoms with van der Waals surface area (Å²) < 4.78 is 0. The Morgan fingerprint density at radius 1 is 1.11 bits per heavy atom. The van der Waals surface area contributed by atoms with Crippen LogP contribution in [0.1, 0.15) is 21.5 Å². The number of rotatable bonds is 3. The van der Waals surface area contributed by atoms with Crippen LogP contribution in [0.5, 0.6) is 11.5 Å². The lowest BCUT2D eigenvalue weighted by Gasteiger charge is -2.07. The number of hydrogen-bond donors (Lipinski definition) is 3. The number of amides is 1. The Morgan fingerprint density at radius 3 is 2.42 bits per heavy atom. The molecule has 19 heavy (non-hydrogen) atoms. The largest absolute Gasteiger partial charge is 0.508 e. The third kappa shape index (κ3) is 3.25. The Labute approximate surface area is 111 Å². The van der Waals surface area contributed by atoms with Gasteiger partial charge in [0.05, 0.1) is 5.56 Å². The van der Waals surface area contributed by atoms with Gasteiger partial charge >= 0.3 is 0 Å². The van der Waals surface area contributed by atoms with Crippen molar-refractivity contribution in [3.8, 4) is 11.5 Å². The van der Waals surface area contributed by atoms with Crippen LogP contribution in [0, 0.1) is 6.92 Å². The zero-order valence-corrected chi connectivity index (χ0v) is 10.6. The minimum Gasteiger partial charge on any atom is -0.508 e. The van der Waals surface area contributed by atoms with E-state index in [0.29, 0.717) is 6.54 Å². The molecule has 0 radical (unpaired) electrons. The Balaban J connectivity index is 2.03. The molecule has 4 nitrogen and oxygen atoms in total. The van der Waals surface area contributed by atoms with Crippen LogP contribution >= 0.6 is 0 Å². The number of carbonyl (C=O) groups excluding carboxylic acids is 1. The maximum absolute atomic E-state index is 11.9. The zero-order valence-electron chi connectivity index (χ0n) is 10.6. The maximum atomic E-state index is 11.9. The molecule has 2 rings (SSSR count). The summed E-state index contributed by atoms with van der Waals surface area (Å²) in [5.74, 6) is -0.167. The van der Waals surface area contributed by atoms with E-state index in [1.807, 2.05) is 6.92 Å². The van der Waals surface area contributed by atoms with E-state index in [1.165, 1.54) is 0 Å². The van der Waals surface area contributed by atoms with Gasteiger partial charge in [-0.3, -0.25) is 4.79 Å². The average Bonchev–Trinajstić information content (AvgIpc) is 2.37. The number of hydrogen-bond acceptors (Lipinski definition) is 3. The van der Waals surface area contributed by atoms with Crippen LogP contribution < -0.4 is 5.32 Å². The topological polar surface area (TPSA) is 69.6 Å². The molecule has 0 aliphatic carbocycles. The van der Waals surface area contributed by atoms with Crippen molar-refractivity contribution in [2.45, 2.75) is 13.5 Å². The van der Waals surface area contributed by atoms with Crippen LogP contribution in [-0.4, -0.2) is 16.1 Å². The molecule has 0 aliphatic heterocycles. The second-order valence-corrected chi connectivity index (χ2v) is 4.37. The summed E-state index contributed by atoms with van der Waals surface area (Å²) >= 11 is 0. The van der Waals surface area contributed by atoms with Gasteiger partial charge in [-0.05, 0) is 42.3 Å². The number of carbonyl (C=O) groups is 1. The van der Waals surface area contributed by atoms with E-state index in [1.54, 1.807) is 42.5 Å². The third-order valence-electron chi connectivity index (χ3n) is 2.79. The van der Waals surface area contributed by atoms with Crippen molar-refractivity contribution in [2.24, 2.45) is 0 Å². The molecule has 0 fully saturated rings. The summed E-state index contributed by atoms with van der Waals surface area (Å²) in [6.45, 7) is 2.18. The van der Waals surface area contributed by atoms with Crippen LogP contribution in [-0.2, 0) is 6.54 Å². The summed E-state index contributed by atoms with van der Waals surface area (Å²) in [6, 6.07) is 11.5. The first-order chi connectivity index (χ1) is 9.06. The smallest absolute Gasteiger partial charge is 0.255 e. The molecule has 0 heterocycles. The normalized spacial score (nSPS) is 10.2. The second-order valence-electron chi connectivity index (χ2n) is 4.37. The Kier molecular flexibility index (Phi) is 3.71. The minimum absolute atomic E-state index is 0.0248. The highest BCUT2D eigenvalue weighted by atomic mass is 16.3. The zero-order chi connectivity index (χ0) is 13.8. The second kappa shape index (κ2) is 5.44. The Hall–Kier alpha value is -2.49. The summed E-state index contributed by atoms with van der Waals surface area (Å²) in [6.07, 6.45) is 0. The molecule has 0 saturated carbocycles. The summed E-state index contributed by atoms with van der Waals surface area (Å²) in [4.78, 5) is 11.9. The lowest BCUT2D eigenvalue weighted by Crippen LogP contribution is -2.22. The van der Waals surface area contributed by atoms with Gasteiger partial charge in [-0.1, -0.05) is 18.2 Å². The van der Waals surface area contributed by atoms with E-state index in [9.17, 15) is 9.90 Å². The van der Waals surface area contributed by atoms with Gasteiger partial charge in [-0.15, -0.1) is 0 Å². The van der Waals surface area contributed by atoms with Crippen LogP contribution in [0.25, 0.3) is 0 Å². The number of nitrogens with one attached hydrogen (secondary N) is 1. The standard InChI is InChI=1S/C15H15NO3/c1-10-2-7-13(14(18)8-10)15(19)16-9-11-3-5-12(17)6-4-11/h2-8,17-18H,9H2,1H3,(H,16,19). The highest BCUT2D eigenvalue weighted by molar-refractivity contribution is 5.96. The Morgan fingerprint density at radius 2 is 1.79 bits per heavy atom. The molecule has 4 heteroatoms. The minimum atomic E-state index is -0.328. The number of aryl methyl sites for hydroxylation is 1. The van der Waals surface area contributed by atoms with Crippen molar-refractivity contribution in [2.75, 3.05) is 0 Å². The number of benzene rings is 2. The van der Waals surface area contributed by atoms with Gasteiger partial charge in [-0.2, -0.15) is 0 Å². The average molecular weight is 257 g/mol. The number of phenolic OH excluding ortho intramolecular Hbond substituents is 2. The molecule has 0 bridgehead atoms. The van der Waals surface area contributed by atoms with Crippen molar-refractivity contribution < 1.29 is 15.0 Å². The van der Waals surface area contributed by atoms with Crippen molar-refractivity contribution in [1.82, 2.24) is 5.32 Å². The van der Waals surface area contributed by atoms with Gasteiger partial charge in [0.15, 0.2) is 0 Å². The number of phenols is 2. The van der Waals surface area contributed by atoms with Crippen molar-refractivity contribution in [3.05, 3.63) is 59.2 Å². The molecular formula is C15H15NO3. The SMILES string of the molecule is Cc1ccc(C(=O)NCc2ccc(O)cc2)c(O)c1. The molecule has 0 spiro atoms. The monoisotopic (exact) mass is 257 g/mol. The first-order valence-corrected chi connectivity index (χ1v) is 5.92. The molecule has 0 aliphatic rings. The fourth-order valence-electron chi connectivity index (χ4n) is 1.73. The fraction of sp³-hybridized carbons (Fsp3) is 0.133. The first kappa shape index (κ1) is 13.0. The van der Waals surface area contributed by atoms with Crippen molar-refractivity contribution >= 4 is 5.91 Å². The summed E-state index contributed by atoms with van der Waals surface area (Å²) in [7, 11) is 0. The molecule has 0 atom stereocenters. The molecular weight excluding hydrogens is 242 g/mol. The van der Waals surface area contributed by atoms with E-state index in [-0.39, 0.29) is 23.0 Å². The Bertz CT molecular complexity index is 591. The van der Waals surface area contributed by atoms with Crippen LogP contribution in [0.4, 0.5) is 0 Å². The maximum Gasteiger partial charge on any atom is 0.255 e. The molecule has 2 aromatic rings. The van der Waals surface area contributed by atoms with Crippen LogP contribution in [0.2, 0.25) is 0 Å². The quantitative estimate of drug-likeness (QED) is 0.790. The third-order valence-corrected chi connectivity index (χ3v) is 2.79. The molecule has 3 N–H and O–H groups in total. The van der Waals surface area contributed by atoms with E-state index in [4.69, 9.17) is 5.11 Å². The van der Waals surface area contributed by atoms with Gasteiger partial charge in [0.2, 0.25) is 0 Å². The first-order valence-electron chi connectivity index (χ1n) is 5.92. The fourth-order valence-corrected chi connectivity index (χ4v) is 1.73. The van der Waals surface area contributed by atoms with E-state index in [2.05, 4.69) is 5.32 Å². The molecule has 2 aromatic carbocycles. The van der Waals surface area contributed by atoms with Crippen molar-refractivity contribution in [3.63, 3.8) is 0 Å². The highest BCUT2D eigenvalue weighted by Gasteiger charge is 2.10. The van der Waals surface area contributed by atoms with E-state index >= 15 is 0 Å². The van der Waals surface area contributed by atoms with Gasteiger partial charge in [0.1, 0.15) is 11.5 Å². The summed E-state index contributed by atoms with van der Waals surface area (Å²) in [5.41, 5.74) is 2.02. The van der Waals surface area contributed by atoms with Crippen molar-refractivity contribution in [1.29, 1.82) is 0 Å².